The molecule has 0 saturated heterocycles. The molecule has 0 saturated carbocycles. The lowest BCUT2D eigenvalue weighted by atomic mass is 10.1. The molecule has 1 rings (SSSR count). The van der Waals surface area contributed by atoms with Crippen molar-refractivity contribution >= 4 is 11.9 Å². The second-order valence-corrected chi connectivity index (χ2v) is 3.75. The quantitative estimate of drug-likeness (QED) is 0.632. The molecule has 19 heavy (non-hydrogen) atoms. The van der Waals surface area contributed by atoms with Crippen LogP contribution in [0.2, 0.25) is 0 Å². The Labute approximate surface area is 111 Å². The van der Waals surface area contributed by atoms with Crippen molar-refractivity contribution in [1.82, 2.24) is 5.32 Å². The van der Waals surface area contributed by atoms with Gasteiger partial charge in [0.05, 0.1) is 18.2 Å². The number of hydrogen-bond donors (Lipinski definition) is 2. The average Bonchev–Trinajstić information content (AvgIpc) is 2.37. The number of carbonyl (C=O) groups excluding carboxylic acids is 1. The number of carboxylic acids is 1. The Morgan fingerprint density at radius 2 is 2.16 bits per heavy atom. The van der Waals surface area contributed by atoms with Gasteiger partial charge in [-0.2, -0.15) is 0 Å². The van der Waals surface area contributed by atoms with Gasteiger partial charge in [-0.15, -0.1) is 0 Å². The minimum absolute atomic E-state index is 0.104. The summed E-state index contributed by atoms with van der Waals surface area (Å²) < 4.78 is 5.11. The second-order valence-electron chi connectivity index (χ2n) is 3.75. The number of amides is 1. The molecule has 1 aromatic carbocycles. The number of benzene rings is 1. The van der Waals surface area contributed by atoms with Crippen molar-refractivity contribution in [2.24, 2.45) is 0 Å². The first-order valence-corrected chi connectivity index (χ1v) is 5.69. The standard InChI is InChI=1S/C14H15NO4/c1-10(16)15-8-4-3-5-11-9-12(14(17)18)6-7-13(11)19-2/h6-7,9H,4,8H2,1-2H3,(H,15,16)(H,17,18). The Kier molecular flexibility index (Phi) is 5.42. The zero-order valence-corrected chi connectivity index (χ0v) is 10.8. The highest BCUT2D eigenvalue weighted by atomic mass is 16.5. The van der Waals surface area contributed by atoms with Gasteiger partial charge in [0.15, 0.2) is 0 Å². The number of hydrogen-bond acceptors (Lipinski definition) is 3. The summed E-state index contributed by atoms with van der Waals surface area (Å²) in [7, 11) is 1.50. The molecular weight excluding hydrogens is 246 g/mol. The molecule has 100 valence electrons. The predicted molar refractivity (Wildman–Crippen MR) is 70.1 cm³/mol. The van der Waals surface area contributed by atoms with Gasteiger partial charge in [-0.3, -0.25) is 4.79 Å². The maximum Gasteiger partial charge on any atom is 0.335 e. The van der Waals surface area contributed by atoms with Gasteiger partial charge < -0.3 is 15.2 Å². The van der Waals surface area contributed by atoms with Crippen molar-refractivity contribution < 1.29 is 19.4 Å². The highest BCUT2D eigenvalue weighted by Gasteiger charge is 2.06. The first-order chi connectivity index (χ1) is 9.04. The fourth-order valence-corrected chi connectivity index (χ4v) is 1.40. The van der Waals surface area contributed by atoms with Crippen molar-refractivity contribution in [1.29, 1.82) is 0 Å². The van der Waals surface area contributed by atoms with Crippen LogP contribution >= 0.6 is 0 Å². The average molecular weight is 261 g/mol. The van der Waals surface area contributed by atoms with Crippen LogP contribution in [0.3, 0.4) is 0 Å². The zero-order chi connectivity index (χ0) is 14.3. The van der Waals surface area contributed by atoms with Crippen molar-refractivity contribution in [3.63, 3.8) is 0 Å². The number of aromatic carboxylic acids is 1. The lowest BCUT2D eigenvalue weighted by Gasteiger charge is -2.04. The van der Waals surface area contributed by atoms with Crippen LogP contribution in [0.5, 0.6) is 5.75 Å². The topological polar surface area (TPSA) is 75.6 Å². The van der Waals surface area contributed by atoms with Crippen LogP contribution in [0.25, 0.3) is 0 Å². The molecule has 1 aromatic rings. The molecule has 0 bridgehead atoms. The fraction of sp³-hybridized carbons (Fsp3) is 0.286. The van der Waals surface area contributed by atoms with E-state index in [1.807, 2.05) is 0 Å². The lowest BCUT2D eigenvalue weighted by molar-refractivity contribution is -0.118. The van der Waals surface area contributed by atoms with E-state index in [2.05, 4.69) is 17.2 Å². The van der Waals surface area contributed by atoms with Gasteiger partial charge in [0.2, 0.25) is 5.91 Å². The maximum atomic E-state index is 10.9. The summed E-state index contributed by atoms with van der Waals surface area (Å²) >= 11 is 0. The minimum atomic E-state index is -1.01. The Morgan fingerprint density at radius 3 is 2.74 bits per heavy atom. The Balaban J connectivity index is 2.80. The van der Waals surface area contributed by atoms with Crippen molar-refractivity contribution in [3.05, 3.63) is 29.3 Å². The molecule has 0 aliphatic carbocycles. The van der Waals surface area contributed by atoms with Crippen LogP contribution in [0, 0.1) is 11.8 Å². The molecule has 0 unspecified atom stereocenters. The highest BCUT2D eigenvalue weighted by Crippen LogP contribution is 2.18. The number of rotatable bonds is 4. The van der Waals surface area contributed by atoms with E-state index in [0.717, 1.165) is 0 Å². The largest absolute Gasteiger partial charge is 0.495 e. The first-order valence-electron chi connectivity index (χ1n) is 5.69. The van der Waals surface area contributed by atoms with E-state index in [9.17, 15) is 9.59 Å². The van der Waals surface area contributed by atoms with Gasteiger partial charge >= 0.3 is 5.97 Å². The molecular formula is C14H15NO4. The Morgan fingerprint density at radius 1 is 1.42 bits per heavy atom. The molecule has 0 aromatic heterocycles. The molecule has 0 heterocycles. The fourth-order valence-electron chi connectivity index (χ4n) is 1.40. The number of carbonyl (C=O) groups is 2. The molecule has 0 aliphatic heterocycles. The molecule has 0 atom stereocenters. The second kappa shape index (κ2) is 7.07. The number of carboxylic acid groups (broad SMARTS) is 1. The number of ether oxygens (including phenoxy) is 1. The summed E-state index contributed by atoms with van der Waals surface area (Å²) in [6, 6.07) is 4.50. The van der Waals surface area contributed by atoms with E-state index in [-0.39, 0.29) is 11.5 Å². The monoisotopic (exact) mass is 261 g/mol. The van der Waals surface area contributed by atoms with Crippen molar-refractivity contribution in [2.75, 3.05) is 13.7 Å². The van der Waals surface area contributed by atoms with E-state index >= 15 is 0 Å². The molecule has 0 fully saturated rings. The third kappa shape index (κ3) is 4.72. The molecule has 0 radical (unpaired) electrons. The van der Waals surface area contributed by atoms with Crippen LogP contribution in [0.1, 0.15) is 29.3 Å². The van der Waals surface area contributed by atoms with Gasteiger partial charge in [0, 0.05) is 19.9 Å². The molecule has 5 heteroatoms. The Hall–Kier alpha value is -2.48. The number of nitrogens with one attached hydrogen (secondary N) is 1. The highest BCUT2D eigenvalue weighted by molar-refractivity contribution is 5.88. The van der Waals surface area contributed by atoms with Gasteiger partial charge in [-0.05, 0) is 18.2 Å². The SMILES string of the molecule is COc1ccc(C(=O)O)cc1C#CCCNC(C)=O. The van der Waals surface area contributed by atoms with E-state index in [4.69, 9.17) is 9.84 Å². The number of methoxy groups -OCH3 is 1. The van der Waals surface area contributed by atoms with Crippen molar-refractivity contribution in [3.8, 4) is 17.6 Å². The smallest absolute Gasteiger partial charge is 0.335 e. The van der Waals surface area contributed by atoms with Crippen LogP contribution in [0.15, 0.2) is 18.2 Å². The van der Waals surface area contributed by atoms with E-state index in [1.54, 1.807) is 6.07 Å². The summed E-state index contributed by atoms with van der Waals surface area (Å²) in [6.45, 7) is 1.90. The van der Waals surface area contributed by atoms with Gasteiger partial charge in [0.25, 0.3) is 0 Å². The first kappa shape index (κ1) is 14.6. The van der Waals surface area contributed by atoms with Gasteiger partial charge in [-0.1, -0.05) is 11.8 Å². The normalized spacial score (nSPS) is 9.16. The van der Waals surface area contributed by atoms with E-state index in [1.165, 1.54) is 26.2 Å². The molecule has 5 nitrogen and oxygen atoms in total. The Bertz CT molecular complexity index is 540. The van der Waals surface area contributed by atoms with Crippen LogP contribution in [-0.4, -0.2) is 30.6 Å². The van der Waals surface area contributed by atoms with Gasteiger partial charge in [-0.25, -0.2) is 4.79 Å². The molecule has 0 spiro atoms. The zero-order valence-electron chi connectivity index (χ0n) is 10.8. The summed E-state index contributed by atoms with van der Waals surface area (Å²) in [6.07, 6.45) is 0.486. The molecule has 1 amide bonds. The van der Waals surface area contributed by atoms with Gasteiger partial charge in [0.1, 0.15) is 5.75 Å². The van der Waals surface area contributed by atoms with E-state index < -0.39 is 5.97 Å². The summed E-state index contributed by atoms with van der Waals surface area (Å²) in [5.41, 5.74) is 0.678. The predicted octanol–water partition coefficient (Wildman–Crippen LogP) is 1.27. The third-order valence-electron chi connectivity index (χ3n) is 2.29. The van der Waals surface area contributed by atoms with E-state index in [0.29, 0.717) is 24.3 Å². The summed E-state index contributed by atoms with van der Waals surface area (Å²) in [5, 5.41) is 11.5. The lowest BCUT2D eigenvalue weighted by Crippen LogP contribution is -2.20. The maximum absolute atomic E-state index is 10.9. The summed E-state index contributed by atoms with van der Waals surface area (Å²) in [5.74, 6) is 5.11. The summed E-state index contributed by atoms with van der Waals surface area (Å²) in [4.78, 5) is 21.5. The van der Waals surface area contributed by atoms with Crippen LogP contribution in [0.4, 0.5) is 0 Å². The molecule has 0 aliphatic rings. The van der Waals surface area contributed by atoms with Crippen molar-refractivity contribution in [2.45, 2.75) is 13.3 Å². The third-order valence-corrected chi connectivity index (χ3v) is 2.29. The molecule has 2 N–H and O–H groups in total. The van der Waals surface area contributed by atoms with Crippen LogP contribution in [-0.2, 0) is 4.79 Å². The minimum Gasteiger partial charge on any atom is -0.495 e. The van der Waals surface area contributed by atoms with Crippen LogP contribution < -0.4 is 10.1 Å².